The largest absolute Gasteiger partial charge is 0.444 e. The van der Waals surface area contributed by atoms with Gasteiger partial charge in [-0.15, -0.1) is 24.0 Å². The molecule has 6 N–H and O–H groups in total. The van der Waals surface area contributed by atoms with Crippen LogP contribution in [0.5, 0.6) is 0 Å². The summed E-state index contributed by atoms with van der Waals surface area (Å²) in [5, 5.41) is 11.5. The van der Waals surface area contributed by atoms with Gasteiger partial charge in [0.15, 0.2) is 5.96 Å². The molecule has 32 heavy (non-hydrogen) atoms. The van der Waals surface area contributed by atoms with Crippen molar-refractivity contribution in [3.63, 3.8) is 0 Å². The Hall–Kier alpha value is -2.57. The van der Waals surface area contributed by atoms with Crippen LogP contribution in [-0.2, 0) is 16.1 Å². The molecule has 0 fully saturated rings. The van der Waals surface area contributed by atoms with Gasteiger partial charge in [-0.1, -0.05) is 12.1 Å². The number of benzene rings is 1. The number of halogens is 1. The van der Waals surface area contributed by atoms with E-state index in [4.69, 9.17) is 10.5 Å². The molecule has 0 aliphatic heterocycles. The molecule has 0 bridgehead atoms. The lowest BCUT2D eigenvalue weighted by molar-refractivity contribution is -0.117. The minimum absolute atomic E-state index is 0. The molecular formula is C21H35IN6O4. The van der Waals surface area contributed by atoms with Crippen LogP contribution < -0.4 is 27.0 Å². The summed E-state index contributed by atoms with van der Waals surface area (Å²) >= 11 is 0. The number of ether oxygens (including phenoxy) is 1. The summed E-state index contributed by atoms with van der Waals surface area (Å²) in [4.78, 5) is 38.8. The van der Waals surface area contributed by atoms with E-state index in [1.165, 1.54) is 0 Å². The molecular weight excluding hydrogens is 527 g/mol. The summed E-state index contributed by atoms with van der Waals surface area (Å²) in [5.41, 5.74) is 5.87. The number of carbonyl (C=O) groups is 3. The van der Waals surface area contributed by atoms with Crippen molar-refractivity contribution in [3.05, 3.63) is 35.4 Å². The summed E-state index contributed by atoms with van der Waals surface area (Å²) in [7, 11) is 0. The molecule has 0 aromatic heterocycles. The van der Waals surface area contributed by atoms with E-state index in [1.807, 2.05) is 27.7 Å². The molecule has 10 nitrogen and oxygen atoms in total. The maximum atomic E-state index is 11.9. The first-order chi connectivity index (χ1) is 14.6. The van der Waals surface area contributed by atoms with Crippen molar-refractivity contribution in [3.8, 4) is 0 Å². The SMILES string of the molecule is CCNC(=NCc1ccc(C(=O)NCC(N)=O)cc1)NCCCNC(=O)OC(C)(C)C.I. The maximum absolute atomic E-state index is 11.9. The Balaban J connectivity index is 0.00000961. The first-order valence-corrected chi connectivity index (χ1v) is 10.2. The summed E-state index contributed by atoms with van der Waals surface area (Å²) < 4.78 is 5.19. The molecule has 0 saturated heterocycles. The number of hydrogen-bond acceptors (Lipinski definition) is 5. The van der Waals surface area contributed by atoms with E-state index < -0.39 is 17.6 Å². The van der Waals surface area contributed by atoms with Crippen molar-refractivity contribution < 1.29 is 19.1 Å². The van der Waals surface area contributed by atoms with Gasteiger partial charge in [-0.05, 0) is 51.8 Å². The van der Waals surface area contributed by atoms with Crippen LogP contribution in [0.4, 0.5) is 4.79 Å². The lowest BCUT2D eigenvalue weighted by Crippen LogP contribution is -2.39. The molecule has 1 aromatic carbocycles. The topological polar surface area (TPSA) is 147 Å². The smallest absolute Gasteiger partial charge is 0.407 e. The first kappa shape index (κ1) is 29.4. The van der Waals surface area contributed by atoms with Crippen molar-refractivity contribution in [2.24, 2.45) is 10.7 Å². The monoisotopic (exact) mass is 562 g/mol. The van der Waals surface area contributed by atoms with Crippen LogP contribution >= 0.6 is 24.0 Å². The zero-order chi connectivity index (χ0) is 23.3. The average Bonchev–Trinajstić information content (AvgIpc) is 2.68. The third kappa shape index (κ3) is 13.7. The fraction of sp³-hybridized carbons (Fsp3) is 0.524. The highest BCUT2D eigenvalue weighted by molar-refractivity contribution is 14.0. The fourth-order valence-electron chi connectivity index (χ4n) is 2.34. The van der Waals surface area contributed by atoms with Crippen molar-refractivity contribution >= 4 is 47.8 Å². The van der Waals surface area contributed by atoms with E-state index in [9.17, 15) is 14.4 Å². The molecule has 1 aromatic rings. The quantitative estimate of drug-likeness (QED) is 0.126. The summed E-state index contributed by atoms with van der Waals surface area (Å²) in [5.74, 6) is -0.296. The molecule has 0 saturated carbocycles. The van der Waals surface area contributed by atoms with Gasteiger partial charge in [0.25, 0.3) is 5.91 Å². The van der Waals surface area contributed by atoms with Crippen LogP contribution in [0.25, 0.3) is 0 Å². The van der Waals surface area contributed by atoms with Gasteiger partial charge in [0.1, 0.15) is 5.60 Å². The van der Waals surface area contributed by atoms with Crippen LogP contribution in [0.2, 0.25) is 0 Å². The third-order valence-electron chi connectivity index (χ3n) is 3.72. The van der Waals surface area contributed by atoms with Crippen molar-refractivity contribution in [1.82, 2.24) is 21.3 Å². The molecule has 0 aliphatic rings. The molecule has 0 unspecified atom stereocenters. The third-order valence-corrected chi connectivity index (χ3v) is 3.72. The molecule has 11 heteroatoms. The second kappa shape index (κ2) is 15.3. The molecule has 1 rings (SSSR count). The van der Waals surface area contributed by atoms with Crippen LogP contribution in [0.1, 0.15) is 50.0 Å². The standard InChI is InChI=1S/C21H34N6O4.HI/c1-5-23-19(24-11-6-12-25-20(30)31-21(2,3)4)27-13-15-7-9-16(10-8-15)18(29)26-14-17(22)28;/h7-10H,5-6,11-14H2,1-4H3,(H2,22,28)(H,25,30)(H,26,29)(H2,23,24,27);1H. The van der Waals surface area contributed by atoms with Gasteiger partial charge >= 0.3 is 6.09 Å². The lowest BCUT2D eigenvalue weighted by atomic mass is 10.1. The predicted octanol–water partition coefficient (Wildman–Crippen LogP) is 1.49. The van der Waals surface area contributed by atoms with Crippen molar-refractivity contribution in [1.29, 1.82) is 0 Å². The molecule has 3 amide bonds. The van der Waals surface area contributed by atoms with Gasteiger partial charge in [0.05, 0.1) is 13.1 Å². The van der Waals surface area contributed by atoms with Crippen LogP contribution in [-0.4, -0.2) is 55.6 Å². The molecule has 0 spiro atoms. The number of hydrogen-bond donors (Lipinski definition) is 5. The Morgan fingerprint density at radius 3 is 2.19 bits per heavy atom. The number of primary amides is 1. The second-order valence-electron chi connectivity index (χ2n) is 7.75. The highest BCUT2D eigenvalue weighted by atomic mass is 127. The molecule has 180 valence electrons. The Labute approximate surface area is 206 Å². The Morgan fingerprint density at radius 2 is 1.62 bits per heavy atom. The van der Waals surface area contributed by atoms with E-state index >= 15 is 0 Å². The number of alkyl carbamates (subject to hydrolysis) is 1. The first-order valence-electron chi connectivity index (χ1n) is 10.2. The fourth-order valence-corrected chi connectivity index (χ4v) is 2.34. The molecule has 0 heterocycles. The maximum Gasteiger partial charge on any atom is 0.407 e. The van der Waals surface area contributed by atoms with Gasteiger partial charge in [0.2, 0.25) is 5.91 Å². The van der Waals surface area contributed by atoms with Gasteiger partial charge in [-0.3, -0.25) is 9.59 Å². The molecule has 0 atom stereocenters. The van der Waals surface area contributed by atoms with E-state index in [-0.39, 0.29) is 36.4 Å². The predicted molar refractivity (Wildman–Crippen MR) is 135 cm³/mol. The average molecular weight is 562 g/mol. The van der Waals surface area contributed by atoms with Crippen molar-refractivity contribution in [2.45, 2.75) is 46.3 Å². The lowest BCUT2D eigenvalue weighted by Gasteiger charge is -2.19. The van der Waals surface area contributed by atoms with Gasteiger partial charge in [-0.25, -0.2) is 9.79 Å². The van der Waals surface area contributed by atoms with Crippen molar-refractivity contribution in [2.75, 3.05) is 26.2 Å². The van der Waals surface area contributed by atoms with E-state index in [0.717, 1.165) is 5.56 Å². The number of amides is 3. The van der Waals surface area contributed by atoms with Gasteiger partial charge in [-0.2, -0.15) is 0 Å². The summed E-state index contributed by atoms with van der Waals surface area (Å²) in [6.45, 7) is 9.48. The number of nitrogens with two attached hydrogens (primary N) is 1. The summed E-state index contributed by atoms with van der Waals surface area (Å²) in [6, 6.07) is 6.95. The minimum Gasteiger partial charge on any atom is -0.444 e. The Morgan fingerprint density at radius 1 is 1.00 bits per heavy atom. The number of guanidine groups is 1. The van der Waals surface area contributed by atoms with E-state index in [0.29, 0.717) is 44.1 Å². The number of rotatable bonds is 10. The van der Waals surface area contributed by atoms with Crippen LogP contribution in [0.15, 0.2) is 29.3 Å². The zero-order valence-corrected chi connectivity index (χ0v) is 21.4. The van der Waals surface area contributed by atoms with E-state index in [2.05, 4.69) is 26.3 Å². The minimum atomic E-state index is -0.594. The summed E-state index contributed by atoms with van der Waals surface area (Å²) in [6.07, 6.45) is 0.276. The number of aliphatic imine (C=N–C) groups is 1. The van der Waals surface area contributed by atoms with Gasteiger partial charge < -0.3 is 31.7 Å². The van der Waals surface area contributed by atoms with Crippen LogP contribution in [0.3, 0.4) is 0 Å². The number of nitrogens with one attached hydrogen (secondary N) is 4. The highest BCUT2D eigenvalue weighted by Gasteiger charge is 2.15. The van der Waals surface area contributed by atoms with E-state index in [1.54, 1.807) is 24.3 Å². The molecule has 0 radical (unpaired) electrons. The second-order valence-corrected chi connectivity index (χ2v) is 7.75. The molecule has 0 aliphatic carbocycles. The zero-order valence-electron chi connectivity index (χ0n) is 19.1. The Bertz CT molecular complexity index is 763. The number of carbonyl (C=O) groups excluding carboxylic acids is 3. The van der Waals surface area contributed by atoms with Gasteiger partial charge in [0, 0.05) is 25.2 Å². The highest BCUT2D eigenvalue weighted by Crippen LogP contribution is 2.07. The van der Waals surface area contributed by atoms with Crippen LogP contribution in [0, 0.1) is 0 Å². The normalized spacial score (nSPS) is 11.1. The Kier molecular flexibility index (Phi) is 14.0. The number of nitrogens with zero attached hydrogens (tertiary/aromatic N) is 1.